The van der Waals surface area contributed by atoms with Gasteiger partial charge in [0.15, 0.2) is 0 Å². The van der Waals surface area contributed by atoms with Gasteiger partial charge in [0.1, 0.15) is 90.1 Å². The van der Waals surface area contributed by atoms with Crippen LogP contribution in [0.4, 0.5) is 0 Å². The van der Waals surface area contributed by atoms with Crippen LogP contribution in [-0.2, 0) is 143 Å². The summed E-state index contributed by atoms with van der Waals surface area (Å²) in [5, 5.41) is 0. The summed E-state index contributed by atoms with van der Waals surface area (Å²) in [6.45, 7) is 37.6. The fraction of sp³-hybridized carbons (Fsp3) is 0.867. The van der Waals surface area contributed by atoms with E-state index in [-0.39, 0.29) is 229 Å². The Labute approximate surface area is 856 Å². The normalized spacial score (nSPS) is 35.2. The van der Waals surface area contributed by atoms with E-state index in [0.717, 1.165) is 109 Å². The average Bonchev–Trinajstić information content (AvgIpc) is 1.57. The fourth-order valence-corrected chi connectivity index (χ4v) is 25.9. The van der Waals surface area contributed by atoms with Crippen LogP contribution in [0.15, 0.2) is 0 Å². The first-order valence-corrected chi connectivity index (χ1v) is 50.7. The van der Waals surface area contributed by atoms with Crippen LogP contribution < -0.4 is 0 Å². The second-order valence-electron chi connectivity index (χ2n) is 46.9. The van der Waals surface area contributed by atoms with Gasteiger partial charge in [-0.2, -0.15) is 0 Å². The van der Waals surface area contributed by atoms with Gasteiger partial charge in [-0.25, -0.2) is 0 Å². The third-order valence-corrected chi connectivity index (χ3v) is 35.8. The van der Waals surface area contributed by atoms with E-state index in [0.29, 0.717) is 64.2 Å². The minimum atomic E-state index is -0.628. The largest absolute Gasteiger partial charge is 0.462 e. The molecule has 10 bridgehead atoms. The molecule has 30 nitrogen and oxygen atoms in total. The Bertz CT molecular complexity index is 4480. The van der Waals surface area contributed by atoms with Crippen LogP contribution in [0.25, 0.3) is 0 Å². The van der Waals surface area contributed by atoms with Crippen molar-refractivity contribution >= 4 is 89.5 Å². The summed E-state index contributed by atoms with van der Waals surface area (Å²) in [7, 11) is 0. The summed E-state index contributed by atoms with van der Waals surface area (Å²) in [6.07, 6.45) is 19.5. The van der Waals surface area contributed by atoms with Crippen LogP contribution >= 0.6 is 0 Å². The first-order chi connectivity index (χ1) is 62.5. The number of hydrogen-bond acceptors (Lipinski definition) is 30. The van der Waals surface area contributed by atoms with Crippen molar-refractivity contribution in [2.24, 2.45) is 145 Å². The van der Waals surface area contributed by atoms with Crippen LogP contribution in [0.1, 0.15) is 393 Å². The highest BCUT2D eigenvalue weighted by atomic mass is 16.6. The van der Waals surface area contributed by atoms with Crippen LogP contribution in [0.3, 0.4) is 0 Å². The van der Waals surface area contributed by atoms with Crippen molar-refractivity contribution in [3.8, 4) is 0 Å². The third kappa shape index (κ3) is 23.4. The molecule has 0 N–H and O–H groups in total. The van der Waals surface area contributed by atoms with E-state index < -0.39 is 170 Å². The lowest BCUT2D eigenvalue weighted by atomic mass is 9.78. The van der Waals surface area contributed by atoms with Gasteiger partial charge in [0.25, 0.3) is 0 Å². The SMILES string of the molecule is C.C.C.C.C.C.C.C.C.C.CCC(C)(C)C(=O)OC1C2CC3C1OC(=O)C3C2C(=O)OC(C)(C)C.CCC(C)(C)C(=O)OC1C2CC3C1OC(=O)C3C2C(=O)OC1(C)CCCC1.CCC(C)(C)C(=O)OC1C2CC3C1OC(=O)C3C2C(=O)OC1CCCC1.CCC(C)(C)C(=O)OC1C2CC3C1OC(=O)C3C2C(=O)OC1CCCCC1.CCC1(OC(=O)C2C3CC4C(OC(=O)C42)C3OC(=O)C(C)(C)CC)CCCC1. The molecule has 30 unspecified atom stereocenters. The standard InChI is InChI=1S/C22H32O6.2C21H30O6.C20H28O6.C19H28O6.10CH4/c1-5-21(3,4)20(25)27-17-13-11-12-14(18(23)26-16(12)17)15(13)19(24)28-22(6-2)9-7-8-10-22;1-5-20(2,3)19(24)26-16-12-10-11-13(17(22)25-15(11)16)14(12)18(23)27-21(4)8-6-7-9-21;1-4-21(2,3)20(24)27-17-13-10-12-15(19(23)26-16(12)17)14(13)18(22)25-11-8-6-5-7-9-11;1-4-20(2,3)19(23)26-16-12-9-11-14(18(22)25-15(11)16)13(12)17(21)24-10-7-5-6-8-10;1-7-19(5,6)17(22)24-14-10-8-9-11(15(20)23-13(9)14)12(10)16(21)25-18(2,3)4;;;;;;;;;;/h12-17H,5-11H2,1-4H3;11-16H,5-10H2,1-4H3;11-17H,4-10H2,1-3H3;10-16H,4-9H2,1-3H3;9-14H,7-8H2,1-6H3;10*1H4. The highest BCUT2D eigenvalue weighted by Gasteiger charge is 2.76. The number of rotatable bonds is 25. The first-order valence-electron chi connectivity index (χ1n) is 50.7. The maximum atomic E-state index is 13.2. The van der Waals surface area contributed by atoms with E-state index in [1.807, 2.05) is 111 Å². The zero-order valence-electron chi connectivity index (χ0n) is 82.0. The quantitative estimate of drug-likeness (QED) is 0.0605. The Morgan fingerprint density at radius 2 is 0.497 bits per heavy atom. The Kier molecular flexibility index (Phi) is 41.5. The maximum absolute atomic E-state index is 13.2. The average molecular weight is 2030 g/mol. The van der Waals surface area contributed by atoms with Gasteiger partial charge >= 0.3 is 89.5 Å². The molecule has 14 aliphatic carbocycles. The highest BCUT2D eigenvalue weighted by Crippen LogP contribution is 2.65. The molecule has 5 aliphatic heterocycles. The van der Waals surface area contributed by atoms with Gasteiger partial charge in [-0.05, 0) is 270 Å². The van der Waals surface area contributed by atoms with Gasteiger partial charge in [0.2, 0.25) is 0 Å². The number of hydrogen-bond donors (Lipinski definition) is 0. The number of fused-ring (bicyclic) bond motifs is 5. The molecule has 30 atom stereocenters. The second kappa shape index (κ2) is 47.3. The van der Waals surface area contributed by atoms with Crippen LogP contribution in [0.5, 0.6) is 0 Å². The lowest BCUT2D eigenvalue weighted by Crippen LogP contribution is -2.46. The molecule has 19 aliphatic rings. The molecular formula is C113H188O30. The summed E-state index contributed by atoms with van der Waals surface area (Å²) in [5.74, 6) is -10.9. The zero-order valence-corrected chi connectivity index (χ0v) is 82.0. The number of carbonyl (C=O) groups excluding carboxylic acids is 15. The Hall–Kier alpha value is -7.95. The Morgan fingerprint density at radius 3 is 0.727 bits per heavy atom. The minimum absolute atomic E-state index is 0. The molecule has 5 heterocycles. The maximum Gasteiger partial charge on any atom is 0.311 e. The molecule has 0 radical (unpaired) electrons. The molecule has 19 fully saturated rings. The van der Waals surface area contributed by atoms with Crippen molar-refractivity contribution in [3.63, 3.8) is 0 Å². The molecular weight excluding hydrogens is 1840 g/mol. The van der Waals surface area contributed by atoms with Gasteiger partial charge in [-0.3, -0.25) is 71.9 Å². The number of esters is 15. The summed E-state index contributed by atoms with van der Waals surface area (Å²) in [6, 6.07) is 0. The molecule has 143 heavy (non-hydrogen) atoms. The zero-order chi connectivity index (χ0) is 96.5. The van der Waals surface area contributed by atoms with Gasteiger partial charge in [0, 0.05) is 59.2 Å². The molecule has 0 aromatic carbocycles. The predicted molar refractivity (Wildman–Crippen MR) is 537 cm³/mol. The number of ether oxygens (including phenoxy) is 15. The smallest absolute Gasteiger partial charge is 0.311 e. The third-order valence-electron chi connectivity index (χ3n) is 35.8. The van der Waals surface area contributed by atoms with Gasteiger partial charge in [-0.15, -0.1) is 0 Å². The van der Waals surface area contributed by atoms with Crippen molar-refractivity contribution in [3.05, 3.63) is 0 Å². The Balaban J connectivity index is 0.000000310. The molecule has 5 saturated heterocycles. The monoisotopic (exact) mass is 2030 g/mol. The molecule has 14 saturated carbocycles. The molecule has 30 heteroatoms. The van der Waals surface area contributed by atoms with E-state index in [4.69, 9.17) is 71.1 Å². The van der Waals surface area contributed by atoms with E-state index >= 15 is 0 Å². The van der Waals surface area contributed by atoms with Crippen LogP contribution in [-0.4, -0.2) is 180 Å². The van der Waals surface area contributed by atoms with Crippen molar-refractivity contribution < 1.29 is 143 Å². The summed E-state index contributed by atoms with van der Waals surface area (Å²) in [5.41, 5.74) is -4.45. The first kappa shape index (κ1) is 126. The molecule has 820 valence electrons. The van der Waals surface area contributed by atoms with Gasteiger partial charge in [0.05, 0.1) is 86.3 Å². The van der Waals surface area contributed by atoms with Crippen molar-refractivity contribution in [2.45, 2.75) is 483 Å². The summed E-state index contributed by atoms with van der Waals surface area (Å²) in [4.78, 5) is 190. The molecule has 0 aromatic rings. The summed E-state index contributed by atoms with van der Waals surface area (Å²) >= 11 is 0. The predicted octanol–water partition coefficient (Wildman–Crippen LogP) is 20.9. The number of carbonyl (C=O) groups is 15. The lowest BCUT2D eigenvalue weighted by Gasteiger charge is -2.35. The Morgan fingerprint density at radius 1 is 0.280 bits per heavy atom. The molecule has 0 amide bonds. The van der Waals surface area contributed by atoms with Gasteiger partial charge < -0.3 is 71.1 Å². The van der Waals surface area contributed by atoms with E-state index in [9.17, 15) is 71.9 Å². The van der Waals surface area contributed by atoms with E-state index in [1.165, 1.54) is 6.42 Å². The van der Waals surface area contributed by atoms with E-state index in [2.05, 4.69) is 6.92 Å². The second-order valence-corrected chi connectivity index (χ2v) is 46.9. The fourth-order valence-electron chi connectivity index (χ4n) is 25.9. The molecule has 0 aromatic heterocycles. The van der Waals surface area contributed by atoms with Crippen LogP contribution in [0, 0.1) is 145 Å². The van der Waals surface area contributed by atoms with Crippen molar-refractivity contribution in [1.29, 1.82) is 0 Å². The van der Waals surface area contributed by atoms with Crippen molar-refractivity contribution in [2.75, 3.05) is 0 Å². The van der Waals surface area contributed by atoms with E-state index in [1.54, 1.807) is 20.8 Å². The highest BCUT2D eigenvalue weighted by molar-refractivity contribution is 5.91. The summed E-state index contributed by atoms with van der Waals surface area (Å²) < 4.78 is 85.7. The lowest BCUT2D eigenvalue weighted by molar-refractivity contribution is -0.178. The molecule has 0 spiro atoms. The van der Waals surface area contributed by atoms with Gasteiger partial charge in [-0.1, -0.05) is 122 Å². The molecule has 19 rings (SSSR count). The minimum Gasteiger partial charge on any atom is -0.462 e. The van der Waals surface area contributed by atoms with Crippen LogP contribution in [0.2, 0.25) is 0 Å². The topological polar surface area (TPSA) is 394 Å². The van der Waals surface area contributed by atoms with Crippen molar-refractivity contribution in [1.82, 2.24) is 0 Å².